The summed E-state index contributed by atoms with van der Waals surface area (Å²) in [5.74, 6) is -0.207. The maximum absolute atomic E-state index is 14.0. The maximum Gasteiger partial charge on any atom is 0.232 e. The van der Waals surface area contributed by atoms with Crippen LogP contribution in [-0.4, -0.2) is 63.4 Å². The van der Waals surface area contributed by atoms with Crippen LogP contribution in [0.1, 0.15) is 24.2 Å². The highest BCUT2D eigenvalue weighted by Gasteiger charge is 2.33. The largest absolute Gasteiger partial charge is 0.387 e. The van der Waals surface area contributed by atoms with Crippen LogP contribution >= 0.6 is 0 Å². The molecule has 30 heavy (non-hydrogen) atoms. The van der Waals surface area contributed by atoms with E-state index in [1.807, 2.05) is 30.0 Å². The van der Waals surface area contributed by atoms with Crippen LogP contribution in [0.15, 0.2) is 42.5 Å². The first-order chi connectivity index (χ1) is 14.2. The molecular formula is C22H28FN3O3S. The second kappa shape index (κ2) is 8.17. The molecule has 162 valence electrons. The van der Waals surface area contributed by atoms with Gasteiger partial charge in [0.1, 0.15) is 5.82 Å². The van der Waals surface area contributed by atoms with Crippen molar-refractivity contribution in [2.24, 2.45) is 0 Å². The molecule has 2 aromatic rings. The number of nitrogens with zero attached hydrogens (tertiary/aromatic N) is 3. The summed E-state index contributed by atoms with van der Waals surface area (Å²) in [5.41, 5.74) is 3.09. The molecule has 8 heteroatoms. The van der Waals surface area contributed by atoms with Gasteiger partial charge in [0.25, 0.3) is 0 Å². The van der Waals surface area contributed by atoms with Crippen molar-refractivity contribution in [2.45, 2.75) is 25.5 Å². The molecule has 2 aromatic carbocycles. The lowest BCUT2D eigenvalue weighted by molar-refractivity contribution is 0.109. The van der Waals surface area contributed by atoms with Crippen LogP contribution in [-0.2, 0) is 16.4 Å². The number of aliphatic hydroxyl groups excluding tert-OH is 1. The van der Waals surface area contributed by atoms with E-state index in [0.29, 0.717) is 37.4 Å². The van der Waals surface area contributed by atoms with E-state index in [1.54, 1.807) is 18.2 Å². The monoisotopic (exact) mass is 433 g/mol. The molecule has 1 saturated heterocycles. The van der Waals surface area contributed by atoms with E-state index in [-0.39, 0.29) is 11.9 Å². The number of fused-ring (bicyclic) bond motifs is 1. The Kier molecular flexibility index (Phi) is 5.74. The Morgan fingerprint density at radius 1 is 1.10 bits per heavy atom. The third kappa shape index (κ3) is 4.17. The number of β-amino-alcohol motifs (C(OH)–C–C–N with tert-alkyl or cyclic N) is 1. The summed E-state index contributed by atoms with van der Waals surface area (Å²) in [4.78, 5) is 4.22. The van der Waals surface area contributed by atoms with Gasteiger partial charge < -0.3 is 10.0 Å². The molecule has 0 aliphatic carbocycles. The third-order valence-corrected chi connectivity index (χ3v) is 7.27. The summed E-state index contributed by atoms with van der Waals surface area (Å²) in [5, 5.41) is 10.8. The van der Waals surface area contributed by atoms with Crippen molar-refractivity contribution in [1.29, 1.82) is 0 Å². The number of hydrogen-bond donors (Lipinski definition) is 1. The van der Waals surface area contributed by atoms with Gasteiger partial charge in [-0.05, 0) is 42.7 Å². The van der Waals surface area contributed by atoms with Crippen molar-refractivity contribution in [3.8, 4) is 0 Å². The number of para-hydroxylation sites is 1. The topological polar surface area (TPSA) is 64.1 Å². The molecule has 2 aliphatic rings. The Balaban J connectivity index is 1.39. The van der Waals surface area contributed by atoms with Gasteiger partial charge in [-0.2, -0.15) is 0 Å². The van der Waals surface area contributed by atoms with Crippen LogP contribution in [0.4, 0.5) is 15.8 Å². The Bertz CT molecular complexity index is 1020. The lowest BCUT2D eigenvalue weighted by atomic mass is 10.0. The molecule has 0 bridgehead atoms. The molecule has 0 radical (unpaired) electrons. The van der Waals surface area contributed by atoms with Gasteiger partial charge in [-0.25, -0.2) is 12.8 Å². The molecule has 6 nitrogen and oxygen atoms in total. The highest BCUT2D eigenvalue weighted by Crippen LogP contribution is 2.36. The van der Waals surface area contributed by atoms with E-state index in [4.69, 9.17) is 0 Å². The zero-order valence-corrected chi connectivity index (χ0v) is 18.1. The zero-order chi connectivity index (χ0) is 21.5. The lowest BCUT2D eigenvalue weighted by Crippen LogP contribution is -2.47. The third-order valence-electron chi connectivity index (χ3n) is 6.00. The zero-order valence-electron chi connectivity index (χ0n) is 17.3. The van der Waals surface area contributed by atoms with E-state index in [9.17, 15) is 17.9 Å². The summed E-state index contributed by atoms with van der Waals surface area (Å²) >= 11 is 0. The number of anilines is 2. The van der Waals surface area contributed by atoms with Crippen molar-refractivity contribution < 1.29 is 17.9 Å². The Morgan fingerprint density at radius 3 is 2.47 bits per heavy atom. The number of benzene rings is 2. The summed E-state index contributed by atoms with van der Waals surface area (Å²) in [6.45, 7) is 5.29. The minimum atomic E-state index is -3.32. The minimum Gasteiger partial charge on any atom is -0.387 e. The first kappa shape index (κ1) is 21.1. The molecule has 2 atom stereocenters. The summed E-state index contributed by atoms with van der Waals surface area (Å²) in [6, 6.07) is 12.2. The molecule has 2 heterocycles. The molecule has 0 saturated carbocycles. The van der Waals surface area contributed by atoms with Gasteiger partial charge in [0, 0.05) is 38.8 Å². The van der Waals surface area contributed by atoms with E-state index in [2.05, 4.69) is 4.90 Å². The number of halogens is 1. The van der Waals surface area contributed by atoms with Crippen LogP contribution in [0, 0.1) is 5.82 Å². The maximum atomic E-state index is 14.0. The van der Waals surface area contributed by atoms with Crippen molar-refractivity contribution in [1.82, 2.24) is 4.90 Å². The lowest BCUT2D eigenvalue weighted by Gasteiger charge is -2.37. The first-order valence-electron chi connectivity index (χ1n) is 10.3. The highest BCUT2D eigenvalue weighted by atomic mass is 32.2. The van der Waals surface area contributed by atoms with Gasteiger partial charge in [0.05, 0.1) is 23.7 Å². The van der Waals surface area contributed by atoms with E-state index in [0.717, 1.165) is 24.2 Å². The van der Waals surface area contributed by atoms with Crippen molar-refractivity contribution in [2.75, 3.05) is 48.2 Å². The predicted octanol–water partition coefficient (Wildman–Crippen LogP) is 2.39. The fourth-order valence-corrected chi connectivity index (χ4v) is 5.83. The van der Waals surface area contributed by atoms with Crippen LogP contribution in [0.2, 0.25) is 0 Å². The molecule has 1 fully saturated rings. The van der Waals surface area contributed by atoms with Gasteiger partial charge in [-0.15, -0.1) is 0 Å². The van der Waals surface area contributed by atoms with E-state index < -0.39 is 16.1 Å². The second-order valence-corrected chi connectivity index (χ2v) is 10.1. The van der Waals surface area contributed by atoms with Gasteiger partial charge >= 0.3 is 0 Å². The number of hydrogen-bond acceptors (Lipinski definition) is 5. The molecule has 0 unspecified atom stereocenters. The SMILES string of the molecule is C[C@@H]1Cc2cc([C@@H](O)CN3CCN(c4ccccc4F)CC3)ccc2N1S(C)(=O)=O. The molecule has 0 spiro atoms. The molecule has 0 aromatic heterocycles. The molecule has 1 N–H and O–H groups in total. The van der Waals surface area contributed by atoms with E-state index >= 15 is 0 Å². The van der Waals surface area contributed by atoms with Crippen molar-refractivity contribution >= 4 is 21.4 Å². The molecule has 2 aliphatic heterocycles. The highest BCUT2D eigenvalue weighted by molar-refractivity contribution is 7.92. The second-order valence-electron chi connectivity index (χ2n) is 8.25. The van der Waals surface area contributed by atoms with Crippen molar-refractivity contribution in [3.63, 3.8) is 0 Å². The Hall–Kier alpha value is -2.16. The number of rotatable bonds is 5. The average molecular weight is 434 g/mol. The van der Waals surface area contributed by atoms with Gasteiger partial charge in [0.2, 0.25) is 10.0 Å². The van der Waals surface area contributed by atoms with Crippen LogP contribution in [0.25, 0.3) is 0 Å². The molecule has 4 rings (SSSR count). The Labute approximate surface area is 177 Å². The Morgan fingerprint density at radius 2 is 1.80 bits per heavy atom. The number of piperazine rings is 1. The number of aliphatic hydroxyl groups is 1. The average Bonchev–Trinajstić information content (AvgIpc) is 3.04. The summed E-state index contributed by atoms with van der Waals surface area (Å²) in [7, 11) is -3.32. The normalized spacial score (nSPS) is 21.0. The van der Waals surface area contributed by atoms with E-state index in [1.165, 1.54) is 16.6 Å². The standard InChI is InChI=1S/C22H28FN3O3S/c1-16-13-18-14-17(7-8-20(18)26(16)30(2,28)29)22(27)15-24-9-11-25(12-10-24)21-6-4-3-5-19(21)23/h3-8,14,16,22,27H,9-13,15H2,1-2H3/t16-,22+/m1/s1. The summed E-state index contributed by atoms with van der Waals surface area (Å²) < 4.78 is 39.6. The first-order valence-corrected chi connectivity index (χ1v) is 12.1. The number of sulfonamides is 1. The minimum absolute atomic E-state index is 0.117. The summed E-state index contributed by atoms with van der Waals surface area (Å²) in [6.07, 6.45) is 1.21. The quantitative estimate of drug-likeness (QED) is 0.785. The van der Waals surface area contributed by atoms with Crippen molar-refractivity contribution in [3.05, 3.63) is 59.4 Å². The van der Waals surface area contributed by atoms with Gasteiger partial charge in [-0.3, -0.25) is 9.21 Å². The van der Waals surface area contributed by atoms with Crippen LogP contribution in [0.3, 0.4) is 0 Å². The smallest absolute Gasteiger partial charge is 0.232 e. The van der Waals surface area contributed by atoms with Crippen LogP contribution < -0.4 is 9.21 Å². The van der Waals surface area contributed by atoms with Gasteiger partial charge in [0.15, 0.2) is 0 Å². The fourth-order valence-electron chi connectivity index (χ4n) is 4.56. The fraction of sp³-hybridized carbons (Fsp3) is 0.455. The predicted molar refractivity (Wildman–Crippen MR) is 117 cm³/mol. The molecule has 0 amide bonds. The van der Waals surface area contributed by atoms with Gasteiger partial charge in [-0.1, -0.05) is 24.3 Å². The van der Waals surface area contributed by atoms with Crippen LogP contribution in [0.5, 0.6) is 0 Å². The molecular weight excluding hydrogens is 405 g/mol.